The van der Waals surface area contributed by atoms with Crippen LogP contribution in [0.2, 0.25) is 0 Å². The number of nitrogens with zero attached hydrogens (tertiary/aromatic N) is 3. The van der Waals surface area contributed by atoms with E-state index in [9.17, 15) is 10.1 Å². The molecule has 5 nitrogen and oxygen atoms in total. The van der Waals surface area contributed by atoms with Crippen LogP contribution in [0.25, 0.3) is 10.8 Å². The molecule has 0 saturated carbocycles. The lowest BCUT2D eigenvalue weighted by Crippen LogP contribution is -2.22. The maximum Gasteiger partial charge on any atom is 0.237 e. The fraction of sp³-hybridized carbons (Fsp3) is 0.200. The first kappa shape index (κ1) is 17.9. The number of thioether (sulfide) groups is 1. The number of aryl methyl sites for hydroxylation is 2. The molecule has 1 heterocycles. The van der Waals surface area contributed by atoms with Gasteiger partial charge in [0.2, 0.25) is 5.91 Å². The second-order valence-corrected chi connectivity index (χ2v) is 7.29. The van der Waals surface area contributed by atoms with Crippen LogP contribution in [0.1, 0.15) is 24.0 Å². The summed E-state index contributed by atoms with van der Waals surface area (Å²) in [5, 5.41) is 14.6. The number of benzene rings is 2. The monoisotopic (exact) mass is 362 g/mol. The third-order valence-electron chi connectivity index (χ3n) is 3.95. The number of fused-ring (bicyclic) bond motifs is 1. The van der Waals surface area contributed by atoms with E-state index in [0.717, 1.165) is 16.5 Å². The molecular formula is C20H18N4OS. The van der Waals surface area contributed by atoms with Gasteiger partial charge in [0.25, 0.3) is 0 Å². The molecule has 3 aromatic rings. The number of hydrogen-bond donors (Lipinski definition) is 1. The molecule has 0 fully saturated rings. The Kier molecular flexibility index (Phi) is 5.19. The van der Waals surface area contributed by atoms with Gasteiger partial charge in [-0.15, -0.1) is 0 Å². The molecule has 1 N–H and O–H groups in total. The van der Waals surface area contributed by atoms with Crippen molar-refractivity contribution in [2.24, 2.45) is 0 Å². The summed E-state index contributed by atoms with van der Waals surface area (Å²) in [4.78, 5) is 21.1. The molecule has 1 amide bonds. The molecule has 0 radical (unpaired) electrons. The van der Waals surface area contributed by atoms with E-state index in [1.54, 1.807) is 20.8 Å². The standard InChI is InChI=1S/C20H18N4OS/c1-12-18(11-21)20(23-14(3)22-12)26-13(2)19(25)24-17-9-8-15-6-4-5-7-16(15)10-17/h4-10,13H,1-3H3,(H,24,25). The lowest BCUT2D eigenvalue weighted by molar-refractivity contribution is -0.115. The Balaban J connectivity index is 1.77. The minimum absolute atomic E-state index is 0.136. The van der Waals surface area contributed by atoms with Gasteiger partial charge >= 0.3 is 0 Å². The molecule has 0 aliphatic carbocycles. The third-order valence-corrected chi connectivity index (χ3v) is 5.04. The molecule has 26 heavy (non-hydrogen) atoms. The minimum Gasteiger partial charge on any atom is -0.325 e. The molecule has 1 unspecified atom stereocenters. The first-order valence-electron chi connectivity index (χ1n) is 8.19. The Morgan fingerprint density at radius 3 is 2.62 bits per heavy atom. The van der Waals surface area contributed by atoms with Crippen molar-refractivity contribution in [1.82, 2.24) is 9.97 Å². The summed E-state index contributed by atoms with van der Waals surface area (Å²) in [5.41, 5.74) is 1.80. The largest absolute Gasteiger partial charge is 0.325 e. The molecule has 1 aromatic heterocycles. The van der Waals surface area contributed by atoms with Crippen LogP contribution < -0.4 is 5.32 Å². The molecule has 1 atom stereocenters. The zero-order chi connectivity index (χ0) is 18.7. The number of anilines is 1. The summed E-state index contributed by atoms with van der Waals surface area (Å²) < 4.78 is 0. The number of carbonyl (C=O) groups is 1. The van der Waals surface area contributed by atoms with Gasteiger partial charge in [-0.25, -0.2) is 9.97 Å². The number of amides is 1. The molecule has 0 spiro atoms. The van der Waals surface area contributed by atoms with E-state index in [2.05, 4.69) is 21.4 Å². The SMILES string of the molecule is Cc1nc(C)c(C#N)c(SC(C)C(=O)Nc2ccc3ccccc3c2)n1. The Labute approximate surface area is 156 Å². The molecule has 0 bridgehead atoms. The van der Waals surface area contributed by atoms with Crippen molar-refractivity contribution >= 4 is 34.1 Å². The second-order valence-electron chi connectivity index (χ2n) is 5.96. The summed E-state index contributed by atoms with van der Waals surface area (Å²) in [5.74, 6) is 0.453. The zero-order valence-corrected chi connectivity index (χ0v) is 15.6. The zero-order valence-electron chi connectivity index (χ0n) is 14.8. The van der Waals surface area contributed by atoms with Crippen molar-refractivity contribution < 1.29 is 4.79 Å². The van der Waals surface area contributed by atoms with Gasteiger partial charge in [0.15, 0.2) is 0 Å². The molecule has 2 aromatic carbocycles. The number of hydrogen-bond acceptors (Lipinski definition) is 5. The number of nitrogens with one attached hydrogen (secondary N) is 1. The smallest absolute Gasteiger partial charge is 0.237 e. The first-order valence-corrected chi connectivity index (χ1v) is 9.07. The minimum atomic E-state index is -0.401. The van der Waals surface area contributed by atoms with Crippen molar-refractivity contribution in [2.75, 3.05) is 5.32 Å². The normalized spacial score (nSPS) is 11.8. The number of rotatable bonds is 4. The summed E-state index contributed by atoms with van der Waals surface area (Å²) in [6.45, 7) is 5.35. The van der Waals surface area contributed by atoms with E-state index >= 15 is 0 Å². The highest BCUT2D eigenvalue weighted by Crippen LogP contribution is 2.27. The predicted octanol–water partition coefficient (Wildman–Crippen LogP) is 4.24. The number of carbonyl (C=O) groups excluding carboxylic acids is 1. The molecule has 0 aliphatic rings. The average molecular weight is 362 g/mol. The molecular weight excluding hydrogens is 344 g/mol. The molecule has 3 rings (SSSR count). The van der Waals surface area contributed by atoms with E-state index in [4.69, 9.17) is 0 Å². The third kappa shape index (κ3) is 3.84. The topological polar surface area (TPSA) is 78.7 Å². The van der Waals surface area contributed by atoms with E-state index in [0.29, 0.717) is 22.1 Å². The van der Waals surface area contributed by atoms with Gasteiger partial charge in [0, 0.05) is 5.69 Å². The van der Waals surface area contributed by atoms with E-state index in [-0.39, 0.29) is 5.91 Å². The number of aromatic nitrogens is 2. The van der Waals surface area contributed by atoms with Crippen LogP contribution in [-0.4, -0.2) is 21.1 Å². The number of nitriles is 1. The molecule has 0 saturated heterocycles. The van der Waals surface area contributed by atoms with Crippen LogP contribution >= 0.6 is 11.8 Å². The summed E-state index contributed by atoms with van der Waals surface area (Å²) >= 11 is 1.27. The Bertz CT molecular complexity index is 1030. The highest BCUT2D eigenvalue weighted by molar-refractivity contribution is 8.00. The maximum absolute atomic E-state index is 12.6. The van der Waals surface area contributed by atoms with Gasteiger partial charge in [-0.2, -0.15) is 5.26 Å². The Morgan fingerprint density at radius 1 is 1.15 bits per heavy atom. The van der Waals surface area contributed by atoms with Crippen LogP contribution in [0.4, 0.5) is 5.69 Å². The van der Waals surface area contributed by atoms with Gasteiger partial charge in [-0.3, -0.25) is 4.79 Å². The van der Waals surface area contributed by atoms with Gasteiger partial charge in [-0.1, -0.05) is 42.1 Å². The molecule has 6 heteroatoms. The maximum atomic E-state index is 12.6. The summed E-state index contributed by atoms with van der Waals surface area (Å²) in [7, 11) is 0. The highest BCUT2D eigenvalue weighted by Gasteiger charge is 2.19. The first-order chi connectivity index (χ1) is 12.5. The van der Waals surface area contributed by atoms with Crippen molar-refractivity contribution in [2.45, 2.75) is 31.0 Å². The van der Waals surface area contributed by atoms with Crippen LogP contribution in [0.3, 0.4) is 0 Å². The van der Waals surface area contributed by atoms with Gasteiger partial charge in [0.1, 0.15) is 22.5 Å². The summed E-state index contributed by atoms with van der Waals surface area (Å²) in [6.07, 6.45) is 0. The average Bonchev–Trinajstić information content (AvgIpc) is 2.61. The fourth-order valence-corrected chi connectivity index (χ4v) is 3.62. The summed E-state index contributed by atoms with van der Waals surface area (Å²) in [6, 6.07) is 15.9. The highest BCUT2D eigenvalue weighted by atomic mass is 32.2. The molecule has 130 valence electrons. The van der Waals surface area contributed by atoms with Gasteiger partial charge in [-0.05, 0) is 43.7 Å². The van der Waals surface area contributed by atoms with Gasteiger partial charge in [0.05, 0.1) is 10.9 Å². The van der Waals surface area contributed by atoms with Crippen LogP contribution in [0.5, 0.6) is 0 Å². The predicted molar refractivity (Wildman–Crippen MR) is 104 cm³/mol. The second kappa shape index (κ2) is 7.54. The van der Waals surface area contributed by atoms with Crippen LogP contribution in [0, 0.1) is 25.2 Å². The van der Waals surface area contributed by atoms with E-state index in [1.807, 2.05) is 42.5 Å². The fourth-order valence-electron chi connectivity index (χ4n) is 2.63. The van der Waals surface area contributed by atoms with E-state index < -0.39 is 5.25 Å². The lowest BCUT2D eigenvalue weighted by atomic mass is 10.1. The van der Waals surface area contributed by atoms with Crippen LogP contribution in [0.15, 0.2) is 47.5 Å². The van der Waals surface area contributed by atoms with Gasteiger partial charge < -0.3 is 5.32 Å². The van der Waals surface area contributed by atoms with Crippen molar-refractivity contribution in [3.05, 3.63) is 59.5 Å². The van der Waals surface area contributed by atoms with Crippen molar-refractivity contribution in [3.63, 3.8) is 0 Å². The van der Waals surface area contributed by atoms with Crippen molar-refractivity contribution in [1.29, 1.82) is 5.26 Å². The van der Waals surface area contributed by atoms with E-state index in [1.165, 1.54) is 11.8 Å². The Morgan fingerprint density at radius 2 is 1.88 bits per heavy atom. The Hall–Kier alpha value is -2.91. The lowest BCUT2D eigenvalue weighted by Gasteiger charge is -2.13. The quantitative estimate of drug-likeness (QED) is 0.555. The van der Waals surface area contributed by atoms with Crippen LogP contribution in [-0.2, 0) is 4.79 Å². The van der Waals surface area contributed by atoms with Crippen molar-refractivity contribution in [3.8, 4) is 6.07 Å². The molecule has 0 aliphatic heterocycles.